The summed E-state index contributed by atoms with van der Waals surface area (Å²) in [4.78, 5) is 3.32. The molecule has 0 unspecified atom stereocenters. The summed E-state index contributed by atoms with van der Waals surface area (Å²) in [6.45, 7) is 7.15. The normalized spacial score (nSPS) is 18.8. The first kappa shape index (κ1) is 12.9. The van der Waals surface area contributed by atoms with E-state index in [2.05, 4.69) is 41.6 Å². The monoisotopic (exact) mass is 276 g/mol. The highest BCUT2D eigenvalue weighted by molar-refractivity contribution is 7.71. The van der Waals surface area contributed by atoms with E-state index in [0.717, 1.165) is 42.9 Å². The number of ether oxygens (including phenoxy) is 1. The second-order valence-electron chi connectivity index (χ2n) is 5.96. The van der Waals surface area contributed by atoms with Crippen LogP contribution in [0.1, 0.15) is 25.3 Å². The van der Waals surface area contributed by atoms with Crippen molar-refractivity contribution in [2.45, 2.75) is 33.2 Å². The van der Waals surface area contributed by atoms with Gasteiger partial charge >= 0.3 is 0 Å². The predicted molar refractivity (Wildman–Crippen MR) is 80.0 cm³/mol. The molecule has 0 spiro atoms. The Morgan fingerprint density at radius 1 is 1.37 bits per heavy atom. The van der Waals surface area contributed by atoms with Crippen LogP contribution < -0.4 is 0 Å². The topological polar surface area (TPSA) is 29.9 Å². The van der Waals surface area contributed by atoms with Crippen LogP contribution in [0.4, 0.5) is 0 Å². The molecule has 0 amide bonds. The van der Waals surface area contributed by atoms with Gasteiger partial charge in [-0.05, 0) is 55.1 Å². The smallest absolute Gasteiger partial charge is 0.178 e. The maximum Gasteiger partial charge on any atom is 0.178 e. The van der Waals surface area contributed by atoms with Crippen LogP contribution in [0.25, 0.3) is 11.0 Å². The number of nitrogens with zero attached hydrogens (tertiary/aromatic N) is 1. The third kappa shape index (κ3) is 2.47. The van der Waals surface area contributed by atoms with Gasteiger partial charge in [0.05, 0.1) is 11.0 Å². The third-order valence-electron chi connectivity index (χ3n) is 4.17. The molecule has 19 heavy (non-hydrogen) atoms. The van der Waals surface area contributed by atoms with Gasteiger partial charge in [0.15, 0.2) is 4.77 Å². The fraction of sp³-hybridized carbons (Fsp3) is 0.533. The van der Waals surface area contributed by atoms with Gasteiger partial charge in [-0.3, -0.25) is 0 Å². The number of nitrogens with one attached hydrogen (secondary N) is 1. The Bertz CT molecular complexity index is 650. The lowest BCUT2D eigenvalue weighted by molar-refractivity contribution is 0.0159. The van der Waals surface area contributed by atoms with E-state index in [0.29, 0.717) is 0 Å². The molecule has 4 heteroatoms. The summed E-state index contributed by atoms with van der Waals surface area (Å²) < 4.78 is 8.55. The first-order valence-electron chi connectivity index (χ1n) is 6.84. The molecule has 2 aromatic rings. The van der Waals surface area contributed by atoms with Crippen LogP contribution >= 0.6 is 12.2 Å². The minimum atomic E-state index is 0.288. The Morgan fingerprint density at radius 2 is 2.11 bits per heavy atom. The van der Waals surface area contributed by atoms with Crippen molar-refractivity contribution in [1.82, 2.24) is 9.55 Å². The average molecular weight is 276 g/mol. The fourth-order valence-corrected chi connectivity index (χ4v) is 3.11. The molecule has 0 atom stereocenters. The second kappa shape index (κ2) is 4.76. The van der Waals surface area contributed by atoms with Crippen molar-refractivity contribution in [2.24, 2.45) is 5.41 Å². The summed E-state index contributed by atoms with van der Waals surface area (Å²) in [6.07, 6.45) is 2.21. The Morgan fingerprint density at radius 3 is 2.84 bits per heavy atom. The molecule has 1 aromatic carbocycles. The third-order valence-corrected chi connectivity index (χ3v) is 4.49. The molecule has 1 saturated heterocycles. The van der Waals surface area contributed by atoms with Gasteiger partial charge in [-0.15, -0.1) is 0 Å². The number of aromatic amines is 1. The number of imidazole rings is 1. The highest BCUT2D eigenvalue weighted by Gasteiger charge is 2.28. The van der Waals surface area contributed by atoms with Crippen molar-refractivity contribution < 1.29 is 4.74 Å². The van der Waals surface area contributed by atoms with Crippen LogP contribution in [0.2, 0.25) is 0 Å². The zero-order valence-corrected chi connectivity index (χ0v) is 12.3. The van der Waals surface area contributed by atoms with E-state index in [1.165, 1.54) is 11.1 Å². The van der Waals surface area contributed by atoms with Crippen LogP contribution in [-0.4, -0.2) is 22.8 Å². The molecule has 102 valence electrons. The second-order valence-corrected chi connectivity index (χ2v) is 6.35. The van der Waals surface area contributed by atoms with Gasteiger partial charge in [0.2, 0.25) is 0 Å². The molecule has 1 N–H and O–H groups in total. The van der Waals surface area contributed by atoms with Crippen molar-refractivity contribution >= 4 is 23.3 Å². The standard InChI is InChI=1S/C15H20N2OS/c1-11-3-4-13-12(9-11)16-14(19)17(13)10-15(2)5-7-18-8-6-15/h3-4,9H,5-8,10H2,1-2H3,(H,16,19). The Hall–Kier alpha value is -1.13. The predicted octanol–water partition coefficient (Wildman–Crippen LogP) is 3.82. The van der Waals surface area contributed by atoms with Crippen molar-refractivity contribution in [3.8, 4) is 0 Å². The lowest BCUT2D eigenvalue weighted by Crippen LogP contribution is -2.31. The van der Waals surface area contributed by atoms with Crippen LogP contribution in [0.5, 0.6) is 0 Å². The molecule has 2 heterocycles. The molecule has 3 rings (SSSR count). The molecule has 1 aromatic heterocycles. The van der Waals surface area contributed by atoms with Gasteiger partial charge in [-0.1, -0.05) is 13.0 Å². The largest absolute Gasteiger partial charge is 0.381 e. The lowest BCUT2D eigenvalue weighted by Gasteiger charge is -2.33. The van der Waals surface area contributed by atoms with Crippen molar-refractivity contribution in [2.75, 3.05) is 13.2 Å². The summed E-state index contributed by atoms with van der Waals surface area (Å²) in [6, 6.07) is 6.47. The number of hydrogen-bond donors (Lipinski definition) is 1. The van der Waals surface area contributed by atoms with E-state index in [4.69, 9.17) is 17.0 Å². The van der Waals surface area contributed by atoms with Crippen molar-refractivity contribution in [3.63, 3.8) is 0 Å². The molecular weight excluding hydrogens is 256 g/mol. The van der Waals surface area contributed by atoms with Crippen LogP contribution in [0, 0.1) is 17.1 Å². The highest BCUT2D eigenvalue weighted by Crippen LogP contribution is 2.33. The number of hydrogen-bond acceptors (Lipinski definition) is 2. The maximum absolute atomic E-state index is 5.49. The number of fused-ring (bicyclic) bond motifs is 1. The minimum Gasteiger partial charge on any atom is -0.381 e. The molecule has 1 aliphatic heterocycles. The first-order valence-corrected chi connectivity index (χ1v) is 7.25. The van der Waals surface area contributed by atoms with E-state index in [-0.39, 0.29) is 5.41 Å². The van der Waals surface area contributed by atoms with Crippen LogP contribution in [-0.2, 0) is 11.3 Å². The van der Waals surface area contributed by atoms with Gasteiger partial charge in [0, 0.05) is 19.8 Å². The molecule has 0 radical (unpaired) electrons. The van der Waals surface area contributed by atoms with E-state index in [9.17, 15) is 0 Å². The number of aromatic nitrogens is 2. The summed E-state index contributed by atoms with van der Waals surface area (Å²) in [5, 5.41) is 0. The molecule has 1 fully saturated rings. The Kier molecular flexibility index (Phi) is 3.23. The van der Waals surface area contributed by atoms with Gasteiger partial charge < -0.3 is 14.3 Å². The Balaban J connectivity index is 2.00. The summed E-state index contributed by atoms with van der Waals surface area (Å²) in [7, 11) is 0. The number of H-pyrrole nitrogens is 1. The van der Waals surface area contributed by atoms with Crippen molar-refractivity contribution in [1.29, 1.82) is 0 Å². The minimum absolute atomic E-state index is 0.288. The average Bonchev–Trinajstić information content (AvgIpc) is 2.65. The van der Waals surface area contributed by atoms with Crippen LogP contribution in [0.3, 0.4) is 0 Å². The lowest BCUT2D eigenvalue weighted by atomic mass is 9.82. The summed E-state index contributed by atoms with van der Waals surface area (Å²) >= 11 is 5.49. The van der Waals surface area contributed by atoms with Gasteiger partial charge in [0.1, 0.15) is 0 Å². The van der Waals surface area contributed by atoms with E-state index >= 15 is 0 Å². The highest BCUT2D eigenvalue weighted by atomic mass is 32.1. The number of rotatable bonds is 2. The Labute approximate surface area is 118 Å². The van der Waals surface area contributed by atoms with E-state index in [1.54, 1.807) is 0 Å². The molecule has 1 aliphatic rings. The fourth-order valence-electron chi connectivity index (χ4n) is 2.84. The molecule has 3 nitrogen and oxygen atoms in total. The van der Waals surface area contributed by atoms with E-state index < -0.39 is 0 Å². The number of aryl methyl sites for hydroxylation is 1. The van der Waals surface area contributed by atoms with Gasteiger partial charge in [-0.2, -0.15) is 0 Å². The van der Waals surface area contributed by atoms with Crippen LogP contribution in [0.15, 0.2) is 18.2 Å². The summed E-state index contributed by atoms with van der Waals surface area (Å²) in [5.74, 6) is 0. The quantitative estimate of drug-likeness (QED) is 0.845. The zero-order chi connectivity index (χ0) is 13.5. The van der Waals surface area contributed by atoms with Gasteiger partial charge in [-0.25, -0.2) is 0 Å². The SMILES string of the molecule is Cc1ccc2c(c1)[nH]c(=S)n2CC1(C)CCOCC1. The molecular formula is C15H20N2OS. The first-order chi connectivity index (χ1) is 9.07. The molecule has 0 aliphatic carbocycles. The maximum atomic E-state index is 5.49. The summed E-state index contributed by atoms with van der Waals surface area (Å²) in [5.41, 5.74) is 3.90. The van der Waals surface area contributed by atoms with Crippen molar-refractivity contribution in [3.05, 3.63) is 28.5 Å². The molecule has 0 saturated carbocycles. The molecule has 0 bridgehead atoms. The number of benzene rings is 1. The zero-order valence-electron chi connectivity index (χ0n) is 11.5. The van der Waals surface area contributed by atoms with Gasteiger partial charge in [0.25, 0.3) is 0 Å². The van der Waals surface area contributed by atoms with E-state index in [1.807, 2.05) is 0 Å².